The predicted molar refractivity (Wildman–Crippen MR) is 73.6 cm³/mol. The molecule has 0 radical (unpaired) electrons. The van der Waals surface area contributed by atoms with Crippen LogP contribution in [0.2, 0.25) is 0 Å². The molecule has 1 fully saturated rings. The first-order valence-corrected chi connectivity index (χ1v) is 6.82. The van der Waals surface area contributed by atoms with Gasteiger partial charge in [-0.25, -0.2) is 0 Å². The molecular formula is C16H18N2O. The van der Waals surface area contributed by atoms with E-state index in [9.17, 15) is 5.11 Å². The smallest absolute Gasteiger partial charge is 0.108 e. The van der Waals surface area contributed by atoms with Crippen LogP contribution in [-0.2, 0) is 5.60 Å². The summed E-state index contributed by atoms with van der Waals surface area (Å²) < 4.78 is 0. The zero-order valence-corrected chi connectivity index (χ0v) is 10.9. The van der Waals surface area contributed by atoms with Gasteiger partial charge in [-0.15, -0.1) is 0 Å². The summed E-state index contributed by atoms with van der Waals surface area (Å²) in [7, 11) is 0. The van der Waals surface area contributed by atoms with E-state index in [0.29, 0.717) is 11.6 Å². The molecule has 19 heavy (non-hydrogen) atoms. The molecule has 1 aromatic heterocycles. The van der Waals surface area contributed by atoms with E-state index in [1.165, 1.54) is 5.56 Å². The maximum absolute atomic E-state index is 10.7. The van der Waals surface area contributed by atoms with Crippen LogP contribution in [0.3, 0.4) is 0 Å². The highest BCUT2D eigenvalue weighted by molar-refractivity contribution is 5.21. The summed E-state index contributed by atoms with van der Waals surface area (Å²) in [5, 5.41) is 10.7. The van der Waals surface area contributed by atoms with Crippen molar-refractivity contribution in [3.8, 4) is 0 Å². The van der Waals surface area contributed by atoms with Gasteiger partial charge in [0.2, 0.25) is 0 Å². The van der Waals surface area contributed by atoms with Crippen molar-refractivity contribution < 1.29 is 5.11 Å². The van der Waals surface area contributed by atoms with Crippen molar-refractivity contribution in [1.29, 1.82) is 0 Å². The molecule has 1 aliphatic carbocycles. The third-order valence-electron chi connectivity index (χ3n) is 4.12. The Balaban J connectivity index is 1.73. The van der Waals surface area contributed by atoms with Crippen molar-refractivity contribution in [3.63, 3.8) is 0 Å². The van der Waals surface area contributed by atoms with Crippen LogP contribution in [0.5, 0.6) is 0 Å². The van der Waals surface area contributed by atoms with Crippen molar-refractivity contribution >= 4 is 0 Å². The number of benzene rings is 1. The molecule has 0 saturated heterocycles. The molecule has 3 rings (SSSR count). The topological polar surface area (TPSA) is 46.0 Å². The van der Waals surface area contributed by atoms with Crippen molar-refractivity contribution in [2.24, 2.45) is 0 Å². The number of aliphatic hydroxyl groups is 1. The van der Waals surface area contributed by atoms with E-state index < -0.39 is 5.60 Å². The number of hydrogen-bond donors (Lipinski definition) is 1. The van der Waals surface area contributed by atoms with Gasteiger partial charge in [-0.3, -0.25) is 9.97 Å². The van der Waals surface area contributed by atoms with E-state index in [0.717, 1.165) is 25.7 Å². The summed E-state index contributed by atoms with van der Waals surface area (Å²) in [6, 6.07) is 10.6. The van der Waals surface area contributed by atoms with Gasteiger partial charge in [0.05, 0.1) is 11.9 Å². The van der Waals surface area contributed by atoms with Crippen LogP contribution in [0.25, 0.3) is 0 Å². The summed E-state index contributed by atoms with van der Waals surface area (Å²) in [5.41, 5.74) is 1.30. The monoisotopic (exact) mass is 254 g/mol. The molecule has 1 heterocycles. The minimum Gasteiger partial charge on any atom is -0.383 e. The molecule has 3 heteroatoms. The molecule has 1 aliphatic rings. The second-order valence-corrected chi connectivity index (χ2v) is 5.31. The fourth-order valence-electron chi connectivity index (χ4n) is 2.95. The Kier molecular flexibility index (Phi) is 3.30. The lowest BCUT2D eigenvalue weighted by Crippen LogP contribution is -2.32. The van der Waals surface area contributed by atoms with E-state index in [2.05, 4.69) is 34.2 Å². The zero-order valence-electron chi connectivity index (χ0n) is 10.9. The molecule has 0 amide bonds. The van der Waals surface area contributed by atoms with Gasteiger partial charge in [-0.1, -0.05) is 30.3 Å². The molecule has 0 atom stereocenters. The van der Waals surface area contributed by atoms with Gasteiger partial charge in [-0.2, -0.15) is 0 Å². The Bertz CT molecular complexity index is 519. The van der Waals surface area contributed by atoms with Crippen LogP contribution < -0.4 is 0 Å². The van der Waals surface area contributed by atoms with Gasteiger partial charge in [0, 0.05) is 12.4 Å². The fraction of sp³-hybridized carbons (Fsp3) is 0.375. The molecule has 3 nitrogen and oxygen atoms in total. The molecular weight excluding hydrogens is 236 g/mol. The van der Waals surface area contributed by atoms with E-state index in [1.54, 1.807) is 18.6 Å². The normalized spacial score (nSPS) is 27.1. The minimum atomic E-state index is -0.792. The summed E-state index contributed by atoms with van der Waals surface area (Å²) in [6.07, 6.45) is 8.48. The third kappa shape index (κ3) is 2.51. The highest BCUT2D eigenvalue weighted by Crippen LogP contribution is 2.42. The molecule has 1 N–H and O–H groups in total. The third-order valence-corrected chi connectivity index (χ3v) is 4.12. The van der Waals surface area contributed by atoms with E-state index >= 15 is 0 Å². The summed E-state index contributed by atoms with van der Waals surface area (Å²) in [6.45, 7) is 0. The Morgan fingerprint density at radius 3 is 2.42 bits per heavy atom. The Morgan fingerprint density at radius 1 is 1.05 bits per heavy atom. The highest BCUT2D eigenvalue weighted by Gasteiger charge is 2.36. The van der Waals surface area contributed by atoms with Crippen LogP contribution in [-0.4, -0.2) is 15.1 Å². The Labute approximate surface area is 113 Å². The number of rotatable bonds is 2. The summed E-state index contributed by atoms with van der Waals surface area (Å²) >= 11 is 0. The van der Waals surface area contributed by atoms with Crippen LogP contribution in [0.1, 0.15) is 42.9 Å². The lowest BCUT2D eigenvalue weighted by atomic mass is 9.75. The molecule has 1 saturated carbocycles. The maximum Gasteiger partial charge on any atom is 0.108 e. The SMILES string of the molecule is OC1(c2cnccn2)CCC(c2ccccc2)CC1. The fourth-order valence-corrected chi connectivity index (χ4v) is 2.95. The molecule has 0 spiro atoms. The zero-order chi connectivity index (χ0) is 13.1. The predicted octanol–water partition coefficient (Wildman–Crippen LogP) is 3.02. The van der Waals surface area contributed by atoms with Crippen LogP contribution >= 0.6 is 0 Å². The van der Waals surface area contributed by atoms with Gasteiger partial charge < -0.3 is 5.11 Å². The first-order chi connectivity index (χ1) is 9.28. The molecule has 0 unspecified atom stereocenters. The van der Waals surface area contributed by atoms with Crippen LogP contribution in [0, 0.1) is 0 Å². The van der Waals surface area contributed by atoms with Gasteiger partial charge >= 0.3 is 0 Å². The summed E-state index contributed by atoms with van der Waals surface area (Å²) in [4.78, 5) is 8.32. The molecule has 1 aromatic carbocycles. The average molecular weight is 254 g/mol. The molecule has 98 valence electrons. The number of aromatic nitrogens is 2. The van der Waals surface area contributed by atoms with E-state index in [-0.39, 0.29) is 0 Å². The average Bonchev–Trinajstić information content (AvgIpc) is 2.50. The van der Waals surface area contributed by atoms with Gasteiger partial charge in [-0.05, 0) is 37.2 Å². The van der Waals surface area contributed by atoms with E-state index in [4.69, 9.17) is 0 Å². The first-order valence-electron chi connectivity index (χ1n) is 6.82. The second kappa shape index (κ2) is 5.10. The maximum atomic E-state index is 10.7. The van der Waals surface area contributed by atoms with Crippen molar-refractivity contribution in [3.05, 3.63) is 60.2 Å². The van der Waals surface area contributed by atoms with Gasteiger partial charge in [0.25, 0.3) is 0 Å². The lowest BCUT2D eigenvalue weighted by Gasteiger charge is -2.35. The van der Waals surface area contributed by atoms with Gasteiger partial charge in [0.1, 0.15) is 5.60 Å². The number of nitrogens with zero attached hydrogens (tertiary/aromatic N) is 2. The quantitative estimate of drug-likeness (QED) is 0.896. The molecule has 2 aromatic rings. The Morgan fingerprint density at radius 2 is 1.79 bits per heavy atom. The largest absolute Gasteiger partial charge is 0.383 e. The Hall–Kier alpha value is -1.74. The van der Waals surface area contributed by atoms with Gasteiger partial charge in [0.15, 0.2) is 0 Å². The first kappa shape index (κ1) is 12.3. The second-order valence-electron chi connectivity index (χ2n) is 5.31. The minimum absolute atomic E-state index is 0.554. The number of hydrogen-bond acceptors (Lipinski definition) is 3. The molecule has 0 aliphatic heterocycles. The lowest BCUT2D eigenvalue weighted by molar-refractivity contribution is -0.00990. The van der Waals surface area contributed by atoms with Crippen molar-refractivity contribution in [1.82, 2.24) is 9.97 Å². The van der Waals surface area contributed by atoms with E-state index in [1.807, 2.05) is 6.07 Å². The van der Waals surface area contributed by atoms with Crippen LogP contribution in [0.15, 0.2) is 48.9 Å². The summed E-state index contributed by atoms with van der Waals surface area (Å²) in [5.74, 6) is 0.554. The molecule has 0 bridgehead atoms. The van der Waals surface area contributed by atoms with Crippen molar-refractivity contribution in [2.45, 2.75) is 37.2 Å². The van der Waals surface area contributed by atoms with Crippen molar-refractivity contribution in [2.75, 3.05) is 0 Å². The van der Waals surface area contributed by atoms with Crippen LogP contribution in [0.4, 0.5) is 0 Å². The standard InChI is InChI=1S/C16H18N2O/c19-16(15-12-17-10-11-18-15)8-6-14(7-9-16)13-4-2-1-3-5-13/h1-5,10-12,14,19H,6-9H2. The highest BCUT2D eigenvalue weighted by atomic mass is 16.3.